The summed E-state index contributed by atoms with van der Waals surface area (Å²) in [7, 11) is 3.24. The zero-order valence-electron chi connectivity index (χ0n) is 12.9. The predicted molar refractivity (Wildman–Crippen MR) is 90.0 cm³/mol. The smallest absolute Gasteiger partial charge is 0.244 e. The Morgan fingerprint density at radius 1 is 1.27 bits per heavy atom. The Bertz CT molecular complexity index is 491. The van der Waals surface area contributed by atoms with Gasteiger partial charge in [-0.2, -0.15) is 0 Å². The maximum atomic E-state index is 11.7. The minimum Gasteiger partial charge on any atom is -0.496 e. The summed E-state index contributed by atoms with van der Waals surface area (Å²) < 4.78 is 16.4. The first-order chi connectivity index (χ1) is 10.7. The second-order valence-electron chi connectivity index (χ2n) is 4.47. The maximum absolute atomic E-state index is 11.7. The van der Waals surface area contributed by atoms with Crippen LogP contribution in [0.2, 0.25) is 0 Å². The number of hydrogen-bond acceptors (Lipinski definition) is 4. The van der Waals surface area contributed by atoms with Gasteiger partial charge < -0.3 is 19.5 Å². The van der Waals surface area contributed by atoms with Crippen molar-refractivity contribution in [3.05, 3.63) is 34.3 Å². The Morgan fingerprint density at radius 3 is 2.82 bits per heavy atom. The van der Waals surface area contributed by atoms with Gasteiger partial charge in [0.15, 0.2) is 0 Å². The Hall–Kier alpha value is -1.37. The van der Waals surface area contributed by atoms with Crippen LogP contribution < -0.4 is 10.1 Å². The van der Waals surface area contributed by atoms with Crippen molar-refractivity contribution in [2.75, 3.05) is 40.6 Å². The van der Waals surface area contributed by atoms with Crippen LogP contribution in [0, 0.1) is 0 Å². The fourth-order valence-corrected chi connectivity index (χ4v) is 2.07. The molecule has 6 heteroatoms. The van der Waals surface area contributed by atoms with Gasteiger partial charge in [0.2, 0.25) is 5.91 Å². The molecule has 0 aliphatic heterocycles. The number of hydrogen-bond donors (Lipinski definition) is 1. The average Bonchev–Trinajstić information content (AvgIpc) is 2.52. The van der Waals surface area contributed by atoms with Crippen LogP contribution in [-0.4, -0.2) is 46.5 Å². The van der Waals surface area contributed by atoms with Crippen LogP contribution in [0.1, 0.15) is 12.0 Å². The zero-order chi connectivity index (χ0) is 16.2. The minimum absolute atomic E-state index is 0.140. The molecule has 22 heavy (non-hydrogen) atoms. The molecule has 122 valence electrons. The van der Waals surface area contributed by atoms with Crippen molar-refractivity contribution in [1.29, 1.82) is 0 Å². The van der Waals surface area contributed by atoms with Crippen LogP contribution >= 0.6 is 15.9 Å². The molecule has 1 aromatic carbocycles. The molecule has 1 aromatic rings. The second-order valence-corrected chi connectivity index (χ2v) is 5.39. The highest BCUT2D eigenvalue weighted by atomic mass is 79.9. The molecule has 1 rings (SSSR count). The van der Waals surface area contributed by atoms with Gasteiger partial charge in [-0.05, 0) is 30.7 Å². The number of carbonyl (C=O) groups is 1. The van der Waals surface area contributed by atoms with Crippen molar-refractivity contribution in [2.24, 2.45) is 0 Å². The van der Waals surface area contributed by atoms with Crippen LogP contribution in [-0.2, 0) is 14.3 Å². The molecule has 0 unspecified atom stereocenters. The lowest BCUT2D eigenvalue weighted by atomic mass is 10.2. The molecule has 0 aliphatic rings. The monoisotopic (exact) mass is 371 g/mol. The molecule has 5 nitrogen and oxygen atoms in total. The average molecular weight is 372 g/mol. The molecule has 0 saturated heterocycles. The van der Waals surface area contributed by atoms with Crippen molar-refractivity contribution in [3.63, 3.8) is 0 Å². The number of benzene rings is 1. The van der Waals surface area contributed by atoms with Gasteiger partial charge in [-0.1, -0.05) is 15.9 Å². The van der Waals surface area contributed by atoms with Crippen molar-refractivity contribution in [2.45, 2.75) is 6.42 Å². The standard InChI is InChI=1S/C16H22BrNO4/c1-20-10-11-22-9-3-8-18-16(19)7-4-13-12-14(17)5-6-15(13)21-2/h4-7,12H,3,8-11H2,1-2H3,(H,18,19)/b7-4+. The van der Waals surface area contributed by atoms with E-state index in [1.54, 1.807) is 20.3 Å². The third kappa shape index (κ3) is 7.59. The number of nitrogens with one attached hydrogen (secondary N) is 1. The Kier molecular flexibility index (Phi) is 9.54. The fraction of sp³-hybridized carbons (Fsp3) is 0.438. The topological polar surface area (TPSA) is 56.8 Å². The van der Waals surface area contributed by atoms with Crippen LogP contribution in [0.5, 0.6) is 5.75 Å². The van der Waals surface area contributed by atoms with E-state index in [1.165, 1.54) is 6.08 Å². The molecule has 0 aromatic heterocycles. The second kappa shape index (κ2) is 11.2. The van der Waals surface area contributed by atoms with Crippen LogP contribution in [0.15, 0.2) is 28.7 Å². The van der Waals surface area contributed by atoms with E-state index in [4.69, 9.17) is 14.2 Å². The predicted octanol–water partition coefficient (Wildman–Crippen LogP) is 2.64. The van der Waals surface area contributed by atoms with Gasteiger partial charge in [-0.15, -0.1) is 0 Å². The van der Waals surface area contributed by atoms with E-state index >= 15 is 0 Å². The Balaban J connectivity index is 2.31. The normalized spacial score (nSPS) is 10.9. The molecule has 0 saturated carbocycles. The molecule has 0 spiro atoms. The molecular weight excluding hydrogens is 350 g/mol. The number of carbonyl (C=O) groups excluding carboxylic acids is 1. The Morgan fingerprint density at radius 2 is 2.09 bits per heavy atom. The SMILES string of the molecule is COCCOCCCNC(=O)/C=C/c1cc(Br)ccc1OC. The lowest BCUT2D eigenvalue weighted by Crippen LogP contribution is -2.23. The highest BCUT2D eigenvalue weighted by Gasteiger charge is 2.01. The van der Waals surface area contributed by atoms with E-state index < -0.39 is 0 Å². The van der Waals surface area contributed by atoms with Gasteiger partial charge in [-0.25, -0.2) is 0 Å². The summed E-state index contributed by atoms with van der Waals surface area (Å²) in [6.45, 7) is 2.34. The summed E-state index contributed by atoms with van der Waals surface area (Å²) in [5.41, 5.74) is 0.843. The summed E-state index contributed by atoms with van der Waals surface area (Å²) in [4.78, 5) is 11.7. The van der Waals surface area contributed by atoms with E-state index in [1.807, 2.05) is 18.2 Å². The molecule has 0 fully saturated rings. The quantitative estimate of drug-likeness (QED) is 0.507. The fourth-order valence-electron chi connectivity index (χ4n) is 1.69. The highest BCUT2D eigenvalue weighted by molar-refractivity contribution is 9.10. The summed E-state index contributed by atoms with van der Waals surface area (Å²) in [6, 6.07) is 5.63. The van der Waals surface area contributed by atoms with E-state index in [2.05, 4.69) is 21.2 Å². The van der Waals surface area contributed by atoms with Gasteiger partial charge in [-0.3, -0.25) is 4.79 Å². The van der Waals surface area contributed by atoms with E-state index in [9.17, 15) is 4.79 Å². The first-order valence-electron chi connectivity index (χ1n) is 7.03. The molecule has 0 heterocycles. The van der Waals surface area contributed by atoms with Gasteiger partial charge in [0.05, 0.1) is 20.3 Å². The molecule has 0 radical (unpaired) electrons. The molecule has 1 amide bonds. The number of halogens is 1. The molecule has 0 atom stereocenters. The van der Waals surface area contributed by atoms with Gasteiger partial charge in [0.1, 0.15) is 5.75 Å². The third-order valence-electron chi connectivity index (χ3n) is 2.80. The number of methoxy groups -OCH3 is 2. The highest BCUT2D eigenvalue weighted by Crippen LogP contribution is 2.23. The van der Waals surface area contributed by atoms with E-state index in [-0.39, 0.29) is 5.91 Å². The van der Waals surface area contributed by atoms with Crippen LogP contribution in [0.25, 0.3) is 6.08 Å². The molecule has 1 N–H and O–H groups in total. The van der Waals surface area contributed by atoms with Gasteiger partial charge >= 0.3 is 0 Å². The minimum atomic E-state index is -0.140. The van der Waals surface area contributed by atoms with Crippen molar-refractivity contribution in [3.8, 4) is 5.75 Å². The largest absolute Gasteiger partial charge is 0.496 e. The first-order valence-corrected chi connectivity index (χ1v) is 7.83. The number of amides is 1. The van der Waals surface area contributed by atoms with E-state index in [0.29, 0.717) is 26.4 Å². The van der Waals surface area contributed by atoms with Gasteiger partial charge in [0, 0.05) is 36.4 Å². The zero-order valence-corrected chi connectivity index (χ0v) is 14.5. The molecular formula is C16H22BrNO4. The maximum Gasteiger partial charge on any atom is 0.244 e. The van der Waals surface area contributed by atoms with Crippen LogP contribution in [0.4, 0.5) is 0 Å². The van der Waals surface area contributed by atoms with Crippen molar-refractivity contribution >= 4 is 27.9 Å². The van der Waals surface area contributed by atoms with Crippen molar-refractivity contribution < 1.29 is 19.0 Å². The first kappa shape index (κ1) is 18.7. The summed E-state index contributed by atoms with van der Waals surface area (Å²) in [5, 5.41) is 2.81. The number of ether oxygens (including phenoxy) is 3. The molecule has 0 aliphatic carbocycles. The van der Waals surface area contributed by atoms with E-state index in [0.717, 1.165) is 22.2 Å². The van der Waals surface area contributed by atoms with Gasteiger partial charge in [0.25, 0.3) is 0 Å². The summed E-state index contributed by atoms with van der Waals surface area (Å²) >= 11 is 3.40. The third-order valence-corrected chi connectivity index (χ3v) is 3.30. The Labute approximate surface area is 139 Å². The number of rotatable bonds is 10. The van der Waals surface area contributed by atoms with Crippen molar-refractivity contribution in [1.82, 2.24) is 5.32 Å². The van der Waals surface area contributed by atoms with Crippen LogP contribution in [0.3, 0.4) is 0 Å². The lowest BCUT2D eigenvalue weighted by molar-refractivity contribution is -0.116. The summed E-state index contributed by atoms with van der Waals surface area (Å²) in [6.07, 6.45) is 3.99. The summed E-state index contributed by atoms with van der Waals surface area (Å²) in [5.74, 6) is 0.581. The molecule has 0 bridgehead atoms. The lowest BCUT2D eigenvalue weighted by Gasteiger charge is -2.06.